The van der Waals surface area contributed by atoms with Gasteiger partial charge in [-0.05, 0) is 25.3 Å². The van der Waals surface area contributed by atoms with Crippen LogP contribution in [-0.2, 0) is 16.1 Å². The molecule has 1 N–H and O–H groups in total. The van der Waals surface area contributed by atoms with Crippen LogP contribution in [0.1, 0.15) is 12.8 Å². The summed E-state index contributed by atoms with van der Waals surface area (Å²) in [5, 5.41) is 11.6. The van der Waals surface area contributed by atoms with Gasteiger partial charge in [-0.1, -0.05) is 35.5 Å². The second-order valence-corrected chi connectivity index (χ2v) is 7.52. The first-order chi connectivity index (χ1) is 13.2. The van der Waals surface area contributed by atoms with Crippen LogP contribution in [0.15, 0.2) is 36.5 Å². The molecule has 2 aromatic rings. The quantitative estimate of drug-likeness (QED) is 0.748. The number of methoxy groups -OCH3 is 1. The Labute approximate surface area is 159 Å². The van der Waals surface area contributed by atoms with Gasteiger partial charge in [-0.2, -0.15) is 0 Å². The number of ether oxygens (including phenoxy) is 1. The number of hydrogen-bond donors (Lipinski definition) is 1. The molecule has 3 aliphatic rings. The van der Waals surface area contributed by atoms with E-state index in [1.165, 1.54) is 0 Å². The van der Waals surface area contributed by atoms with Crippen molar-refractivity contribution >= 4 is 5.91 Å². The number of rotatable bonds is 7. The third-order valence-corrected chi connectivity index (χ3v) is 5.83. The van der Waals surface area contributed by atoms with Gasteiger partial charge in [-0.3, -0.25) is 14.4 Å². The molecule has 3 fully saturated rings. The first-order valence-electron chi connectivity index (χ1n) is 9.71. The lowest BCUT2D eigenvalue weighted by Gasteiger charge is -2.49. The molecule has 7 heteroatoms. The summed E-state index contributed by atoms with van der Waals surface area (Å²) in [4.78, 5) is 14.9. The average molecular weight is 369 g/mol. The first-order valence-corrected chi connectivity index (χ1v) is 9.71. The van der Waals surface area contributed by atoms with Crippen molar-refractivity contribution in [2.24, 2.45) is 11.8 Å². The molecule has 4 heterocycles. The number of fused-ring (bicyclic) bond motifs is 3. The van der Waals surface area contributed by atoms with Gasteiger partial charge in [-0.25, -0.2) is 0 Å². The first kappa shape index (κ1) is 18.1. The van der Waals surface area contributed by atoms with Gasteiger partial charge in [0.05, 0.1) is 25.3 Å². The van der Waals surface area contributed by atoms with Crippen molar-refractivity contribution in [2.75, 3.05) is 33.4 Å². The van der Waals surface area contributed by atoms with Gasteiger partial charge in [0.25, 0.3) is 0 Å². The number of carbonyl (C=O) groups excluding carboxylic acids is 1. The third kappa shape index (κ3) is 4.04. The SMILES string of the molecule is COCCNC(=O)[C@H]1CN2CCC1C[C@@H]2Cn1cc(-c2ccccc2)nn1. The Morgan fingerprint density at radius 2 is 2.19 bits per heavy atom. The van der Waals surface area contributed by atoms with Crippen LogP contribution in [0.3, 0.4) is 0 Å². The monoisotopic (exact) mass is 369 g/mol. The number of amides is 1. The van der Waals surface area contributed by atoms with Gasteiger partial charge >= 0.3 is 0 Å². The average Bonchev–Trinajstić information content (AvgIpc) is 3.18. The van der Waals surface area contributed by atoms with E-state index in [1.807, 2.05) is 41.2 Å². The number of hydrogen-bond acceptors (Lipinski definition) is 5. The van der Waals surface area contributed by atoms with E-state index in [4.69, 9.17) is 4.74 Å². The van der Waals surface area contributed by atoms with E-state index in [1.54, 1.807) is 7.11 Å². The molecule has 0 spiro atoms. The Morgan fingerprint density at radius 3 is 2.93 bits per heavy atom. The highest BCUT2D eigenvalue weighted by Gasteiger charge is 2.43. The summed E-state index contributed by atoms with van der Waals surface area (Å²) >= 11 is 0. The molecule has 7 nitrogen and oxygen atoms in total. The maximum Gasteiger partial charge on any atom is 0.224 e. The molecule has 3 saturated heterocycles. The van der Waals surface area contributed by atoms with E-state index in [0.717, 1.165) is 43.7 Å². The largest absolute Gasteiger partial charge is 0.383 e. The van der Waals surface area contributed by atoms with Crippen molar-refractivity contribution < 1.29 is 9.53 Å². The summed E-state index contributed by atoms with van der Waals surface area (Å²) in [5.74, 6) is 0.731. The summed E-state index contributed by atoms with van der Waals surface area (Å²) in [7, 11) is 1.65. The van der Waals surface area contributed by atoms with Crippen LogP contribution >= 0.6 is 0 Å². The Hall–Kier alpha value is -2.25. The van der Waals surface area contributed by atoms with Gasteiger partial charge in [0.15, 0.2) is 0 Å². The molecule has 2 bridgehead atoms. The molecule has 3 aliphatic heterocycles. The minimum Gasteiger partial charge on any atom is -0.383 e. The number of nitrogens with one attached hydrogen (secondary N) is 1. The molecule has 5 rings (SSSR count). The molecule has 1 aromatic carbocycles. The van der Waals surface area contributed by atoms with Crippen LogP contribution in [0, 0.1) is 11.8 Å². The maximum absolute atomic E-state index is 12.5. The van der Waals surface area contributed by atoms with Crippen molar-refractivity contribution in [1.82, 2.24) is 25.2 Å². The van der Waals surface area contributed by atoms with Crippen LogP contribution in [0.5, 0.6) is 0 Å². The van der Waals surface area contributed by atoms with Gasteiger partial charge in [-0.15, -0.1) is 5.10 Å². The summed E-state index contributed by atoms with van der Waals surface area (Å²) in [6.07, 6.45) is 4.17. The van der Waals surface area contributed by atoms with E-state index in [2.05, 4.69) is 20.5 Å². The predicted molar refractivity (Wildman–Crippen MR) is 102 cm³/mol. The zero-order chi connectivity index (χ0) is 18.6. The number of aromatic nitrogens is 3. The van der Waals surface area contributed by atoms with Crippen molar-refractivity contribution in [2.45, 2.75) is 25.4 Å². The third-order valence-electron chi connectivity index (χ3n) is 5.83. The Kier molecular flexibility index (Phi) is 5.50. The number of nitrogens with zero attached hydrogens (tertiary/aromatic N) is 4. The molecule has 1 aromatic heterocycles. The van der Waals surface area contributed by atoms with Crippen LogP contribution in [-0.4, -0.2) is 65.2 Å². The summed E-state index contributed by atoms with van der Waals surface area (Å²) < 4.78 is 6.96. The molecular weight excluding hydrogens is 342 g/mol. The summed E-state index contributed by atoms with van der Waals surface area (Å²) in [6, 6.07) is 10.6. The molecule has 2 unspecified atom stereocenters. The number of piperidine rings is 3. The fourth-order valence-corrected chi connectivity index (χ4v) is 4.38. The van der Waals surface area contributed by atoms with E-state index < -0.39 is 0 Å². The lowest BCUT2D eigenvalue weighted by atomic mass is 9.75. The zero-order valence-corrected chi connectivity index (χ0v) is 15.8. The van der Waals surface area contributed by atoms with Crippen LogP contribution in [0.25, 0.3) is 11.3 Å². The lowest BCUT2D eigenvalue weighted by Crippen LogP contribution is -2.58. The number of benzene rings is 1. The minimum atomic E-state index is 0.0995. The topological polar surface area (TPSA) is 72.3 Å². The van der Waals surface area contributed by atoms with E-state index in [-0.39, 0.29) is 11.8 Å². The van der Waals surface area contributed by atoms with Gasteiger partial charge in [0.2, 0.25) is 5.91 Å². The molecule has 0 radical (unpaired) electrons. The van der Waals surface area contributed by atoms with Gasteiger partial charge < -0.3 is 10.1 Å². The normalized spacial score (nSPS) is 26.9. The van der Waals surface area contributed by atoms with E-state index >= 15 is 0 Å². The maximum atomic E-state index is 12.5. The van der Waals surface area contributed by atoms with Crippen LogP contribution in [0.4, 0.5) is 0 Å². The molecule has 0 aliphatic carbocycles. The van der Waals surface area contributed by atoms with Crippen LogP contribution < -0.4 is 5.32 Å². The highest BCUT2D eigenvalue weighted by Crippen LogP contribution is 2.37. The van der Waals surface area contributed by atoms with E-state index in [0.29, 0.717) is 25.1 Å². The minimum absolute atomic E-state index is 0.0995. The van der Waals surface area contributed by atoms with Crippen molar-refractivity contribution in [1.29, 1.82) is 0 Å². The van der Waals surface area contributed by atoms with Crippen molar-refractivity contribution in [3.8, 4) is 11.3 Å². The lowest BCUT2D eigenvalue weighted by molar-refractivity contribution is -0.133. The number of carbonyl (C=O) groups is 1. The Morgan fingerprint density at radius 1 is 1.33 bits per heavy atom. The summed E-state index contributed by atoms with van der Waals surface area (Å²) in [5.41, 5.74) is 1.99. The Bertz CT molecular complexity index is 763. The van der Waals surface area contributed by atoms with Crippen molar-refractivity contribution in [3.63, 3.8) is 0 Å². The molecule has 27 heavy (non-hydrogen) atoms. The highest BCUT2D eigenvalue weighted by atomic mass is 16.5. The zero-order valence-electron chi connectivity index (χ0n) is 15.8. The fraction of sp³-hybridized carbons (Fsp3) is 0.550. The standard InChI is InChI=1S/C20H27N5O2/c1-27-10-8-21-20(26)18-13-24-9-7-16(18)11-17(24)12-25-14-19(22-23-25)15-5-3-2-4-6-15/h2-6,14,16-18H,7-13H2,1H3,(H,21,26)/t16?,17-,18+/m1/s1. The molecule has 4 atom stereocenters. The summed E-state index contributed by atoms with van der Waals surface area (Å²) in [6.45, 7) is 3.88. The molecule has 144 valence electrons. The van der Waals surface area contributed by atoms with Crippen molar-refractivity contribution in [3.05, 3.63) is 36.5 Å². The molecular formula is C20H27N5O2. The predicted octanol–water partition coefficient (Wildman–Crippen LogP) is 1.42. The van der Waals surface area contributed by atoms with E-state index in [9.17, 15) is 4.79 Å². The second-order valence-electron chi connectivity index (χ2n) is 7.52. The molecule has 0 saturated carbocycles. The van der Waals surface area contributed by atoms with Gasteiger partial charge in [0.1, 0.15) is 5.69 Å². The fourth-order valence-electron chi connectivity index (χ4n) is 4.38. The highest BCUT2D eigenvalue weighted by molar-refractivity contribution is 5.79. The second kappa shape index (κ2) is 8.19. The molecule has 1 amide bonds. The smallest absolute Gasteiger partial charge is 0.224 e. The van der Waals surface area contributed by atoms with Gasteiger partial charge in [0, 0.05) is 31.8 Å². The Balaban J connectivity index is 1.36. The van der Waals surface area contributed by atoms with Crippen LogP contribution in [0.2, 0.25) is 0 Å².